The Balaban J connectivity index is 2.06. The lowest BCUT2D eigenvalue weighted by molar-refractivity contribution is -0.255. The summed E-state index contributed by atoms with van der Waals surface area (Å²) in [4.78, 5) is 16.8. The van der Waals surface area contributed by atoms with E-state index in [2.05, 4.69) is 10.3 Å². The van der Waals surface area contributed by atoms with Gasteiger partial charge >= 0.3 is 12.3 Å². The molecule has 0 aliphatic carbocycles. The highest BCUT2D eigenvalue weighted by Crippen LogP contribution is 2.56. The van der Waals surface area contributed by atoms with Gasteiger partial charge in [0, 0.05) is 22.4 Å². The Labute approximate surface area is 181 Å². The molecule has 172 valence electrons. The Morgan fingerprint density at radius 2 is 2.03 bits per heavy atom. The third kappa shape index (κ3) is 4.77. The highest BCUT2D eigenvalue weighted by molar-refractivity contribution is 8.13. The number of aliphatic imine (C=N–C) groups is 1. The standard InChI is InChI=1S/C20H25F4N3O3S/c1-17(2,3)30-16(28)26-15-27-19(12-7-11(25)5-6-13(12)21)9-29-14(20(22,23)24)8-18(19,4)10-31-15/h5-7,14H,8-10,25H2,1-4H3,(H,26,27,28)/t14-,18+,19-/m1/s1. The minimum absolute atomic E-state index is 0.0272. The number of nitrogen functional groups attached to an aromatic ring is 1. The molecular formula is C20H25F4N3O3S. The van der Waals surface area contributed by atoms with E-state index in [1.165, 1.54) is 12.1 Å². The number of ether oxygens (including phenoxy) is 2. The van der Waals surface area contributed by atoms with Gasteiger partial charge in [0.15, 0.2) is 11.3 Å². The fourth-order valence-electron chi connectivity index (χ4n) is 3.80. The summed E-state index contributed by atoms with van der Waals surface area (Å²) in [6.45, 7) is 6.17. The number of rotatable bonds is 1. The molecule has 0 unspecified atom stereocenters. The van der Waals surface area contributed by atoms with Gasteiger partial charge in [-0.1, -0.05) is 18.7 Å². The number of nitrogens with one attached hydrogen (secondary N) is 1. The molecule has 0 bridgehead atoms. The van der Waals surface area contributed by atoms with Crippen molar-refractivity contribution in [2.24, 2.45) is 10.4 Å². The van der Waals surface area contributed by atoms with Crippen LogP contribution in [0.2, 0.25) is 0 Å². The second-order valence-corrected chi connectivity index (χ2v) is 10.0. The van der Waals surface area contributed by atoms with Gasteiger partial charge in [-0.3, -0.25) is 5.32 Å². The lowest BCUT2D eigenvalue weighted by Crippen LogP contribution is -2.59. The molecule has 2 aliphatic rings. The van der Waals surface area contributed by atoms with Crippen LogP contribution in [0.1, 0.15) is 39.7 Å². The number of hydrogen-bond donors (Lipinski definition) is 2. The number of amidine groups is 1. The molecule has 1 aromatic carbocycles. The summed E-state index contributed by atoms with van der Waals surface area (Å²) >= 11 is 1.08. The zero-order valence-corrected chi connectivity index (χ0v) is 18.4. The number of carbonyl (C=O) groups excluding carboxylic acids is 1. The van der Waals surface area contributed by atoms with Crippen molar-refractivity contribution >= 4 is 28.7 Å². The topological polar surface area (TPSA) is 85.9 Å². The number of hydrogen-bond acceptors (Lipinski definition) is 6. The van der Waals surface area contributed by atoms with E-state index < -0.39 is 53.8 Å². The molecule has 1 fully saturated rings. The minimum atomic E-state index is -4.56. The number of carbonyl (C=O) groups is 1. The Bertz CT molecular complexity index is 903. The average Bonchev–Trinajstić information content (AvgIpc) is 2.61. The van der Waals surface area contributed by atoms with Crippen LogP contribution >= 0.6 is 11.8 Å². The van der Waals surface area contributed by atoms with Crippen LogP contribution in [-0.4, -0.2) is 41.5 Å². The van der Waals surface area contributed by atoms with E-state index in [4.69, 9.17) is 15.2 Å². The molecular weight excluding hydrogens is 438 g/mol. The quantitative estimate of drug-likeness (QED) is 0.470. The number of benzene rings is 1. The van der Waals surface area contributed by atoms with E-state index in [1.807, 2.05) is 0 Å². The predicted molar refractivity (Wildman–Crippen MR) is 110 cm³/mol. The van der Waals surface area contributed by atoms with Crippen LogP contribution in [0, 0.1) is 11.2 Å². The van der Waals surface area contributed by atoms with E-state index in [0.717, 1.165) is 17.8 Å². The molecule has 6 nitrogen and oxygen atoms in total. The molecule has 3 atom stereocenters. The highest BCUT2D eigenvalue weighted by atomic mass is 32.2. The minimum Gasteiger partial charge on any atom is -0.444 e. The summed E-state index contributed by atoms with van der Waals surface area (Å²) in [6, 6.07) is 3.86. The predicted octanol–water partition coefficient (Wildman–Crippen LogP) is 4.59. The van der Waals surface area contributed by atoms with Crippen LogP contribution in [-0.2, 0) is 15.0 Å². The van der Waals surface area contributed by atoms with Gasteiger partial charge < -0.3 is 15.2 Å². The van der Waals surface area contributed by atoms with Crippen LogP contribution in [0.4, 0.5) is 28.0 Å². The van der Waals surface area contributed by atoms with E-state index in [1.54, 1.807) is 27.7 Å². The number of alkyl halides is 3. The van der Waals surface area contributed by atoms with Crippen molar-refractivity contribution in [3.8, 4) is 0 Å². The Hall–Kier alpha value is -2.01. The first-order valence-electron chi connectivity index (χ1n) is 9.62. The van der Waals surface area contributed by atoms with Crippen LogP contribution in [0.5, 0.6) is 0 Å². The first kappa shape index (κ1) is 23.6. The fraction of sp³-hybridized carbons (Fsp3) is 0.600. The number of alkyl carbamates (subject to hydrolysis) is 1. The first-order valence-corrected chi connectivity index (χ1v) is 10.6. The van der Waals surface area contributed by atoms with Gasteiger partial charge in [-0.05, 0) is 45.4 Å². The molecule has 3 N–H and O–H groups in total. The number of nitrogens with two attached hydrogens (primary N) is 1. The smallest absolute Gasteiger partial charge is 0.414 e. The zero-order chi connectivity index (χ0) is 23.2. The van der Waals surface area contributed by atoms with E-state index >= 15 is 0 Å². The second-order valence-electron chi connectivity index (χ2n) is 9.04. The summed E-state index contributed by atoms with van der Waals surface area (Å²) in [5.41, 5.74) is 2.72. The molecule has 0 spiro atoms. The number of halogens is 4. The number of thioether (sulfide) groups is 1. The zero-order valence-electron chi connectivity index (χ0n) is 17.6. The van der Waals surface area contributed by atoms with Crippen LogP contribution in [0.25, 0.3) is 0 Å². The molecule has 31 heavy (non-hydrogen) atoms. The number of amides is 1. The van der Waals surface area contributed by atoms with Gasteiger partial charge in [-0.15, -0.1) is 0 Å². The normalized spacial score (nSPS) is 29.0. The third-order valence-electron chi connectivity index (χ3n) is 5.36. The monoisotopic (exact) mass is 463 g/mol. The molecule has 0 radical (unpaired) electrons. The molecule has 0 saturated carbocycles. The molecule has 11 heteroatoms. The van der Waals surface area contributed by atoms with Gasteiger partial charge in [0.2, 0.25) is 0 Å². The van der Waals surface area contributed by atoms with Gasteiger partial charge in [0.05, 0.1) is 6.61 Å². The van der Waals surface area contributed by atoms with Gasteiger partial charge in [0.25, 0.3) is 0 Å². The molecule has 1 amide bonds. The van der Waals surface area contributed by atoms with Crippen molar-refractivity contribution in [1.82, 2.24) is 5.32 Å². The maximum Gasteiger partial charge on any atom is 0.414 e. The summed E-state index contributed by atoms with van der Waals surface area (Å²) in [7, 11) is 0. The maximum atomic E-state index is 14.9. The van der Waals surface area contributed by atoms with Crippen molar-refractivity contribution in [2.45, 2.75) is 57.5 Å². The summed E-state index contributed by atoms with van der Waals surface area (Å²) in [5, 5.41) is 2.63. The van der Waals surface area contributed by atoms with Gasteiger partial charge in [-0.25, -0.2) is 14.2 Å². The van der Waals surface area contributed by atoms with Crippen molar-refractivity contribution in [2.75, 3.05) is 18.1 Å². The third-order valence-corrected chi connectivity index (χ3v) is 6.60. The summed E-state index contributed by atoms with van der Waals surface area (Å²) in [5.74, 6) is -0.520. The van der Waals surface area contributed by atoms with Crippen LogP contribution in [0.3, 0.4) is 0 Å². The van der Waals surface area contributed by atoms with E-state index in [9.17, 15) is 22.4 Å². The summed E-state index contributed by atoms with van der Waals surface area (Å²) < 4.78 is 65.5. The average molecular weight is 463 g/mol. The second kappa shape index (κ2) is 7.84. The molecule has 2 heterocycles. The van der Waals surface area contributed by atoms with Crippen molar-refractivity contribution in [3.05, 3.63) is 29.6 Å². The lowest BCUT2D eigenvalue weighted by Gasteiger charge is -2.53. The van der Waals surface area contributed by atoms with Crippen molar-refractivity contribution in [3.63, 3.8) is 0 Å². The maximum absolute atomic E-state index is 14.9. The van der Waals surface area contributed by atoms with Crippen LogP contribution in [0.15, 0.2) is 23.2 Å². The van der Waals surface area contributed by atoms with Gasteiger partial charge in [-0.2, -0.15) is 13.2 Å². The highest BCUT2D eigenvalue weighted by Gasteiger charge is 2.61. The van der Waals surface area contributed by atoms with E-state index in [-0.39, 0.29) is 22.2 Å². The number of anilines is 1. The van der Waals surface area contributed by atoms with Gasteiger partial charge in [0.1, 0.15) is 17.0 Å². The number of fused-ring (bicyclic) bond motifs is 1. The Kier molecular flexibility index (Phi) is 5.98. The van der Waals surface area contributed by atoms with E-state index in [0.29, 0.717) is 0 Å². The van der Waals surface area contributed by atoms with Crippen LogP contribution < -0.4 is 11.1 Å². The lowest BCUT2D eigenvalue weighted by atomic mass is 9.64. The molecule has 1 saturated heterocycles. The largest absolute Gasteiger partial charge is 0.444 e. The fourth-order valence-corrected chi connectivity index (χ4v) is 4.99. The SMILES string of the molecule is CC(C)(C)OC(=O)NC1=N[C@@]2(c3cc(N)ccc3F)CO[C@@H](C(F)(F)F)C[C@@]2(C)CS1. The molecule has 0 aromatic heterocycles. The van der Waals surface area contributed by atoms with Crippen molar-refractivity contribution in [1.29, 1.82) is 0 Å². The Morgan fingerprint density at radius 3 is 2.65 bits per heavy atom. The molecule has 2 aliphatic heterocycles. The van der Waals surface area contributed by atoms with Crippen molar-refractivity contribution < 1.29 is 31.8 Å². The Morgan fingerprint density at radius 1 is 1.35 bits per heavy atom. The number of nitrogens with zero attached hydrogens (tertiary/aromatic N) is 1. The summed E-state index contributed by atoms with van der Waals surface area (Å²) in [6.07, 6.45) is -7.74. The first-order chi connectivity index (χ1) is 14.2. The molecule has 3 rings (SSSR count). The molecule has 1 aromatic rings.